The van der Waals surface area contributed by atoms with Crippen molar-refractivity contribution in [1.82, 2.24) is 14.9 Å². The molecule has 7 rings (SSSR count). The monoisotopic (exact) mass is 559 g/mol. The summed E-state index contributed by atoms with van der Waals surface area (Å²) in [6.45, 7) is 0. The Bertz CT molecular complexity index is 1950. The maximum Gasteiger partial charge on any atom is 0.267 e. The van der Waals surface area contributed by atoms with Crippen LogP contribution in [0.2, 0.25) is 0 Å². The van der Waals surface area contributed by atoms with Crippen molar-refractivity contribution in [3.05, 3.63) is 59.2 Å². The third-order valence-electron chi connectivity index (χ3n) is 7.61. The van der Waals surface area contributed by atoms with Gasteiger partial charge in [0.05, 0.1) is 27.7 Å². The number of aliphatic hydroxyl groups is 4. The lowest BCUT2D eigenvalue weighted by atomic mass is 9.94. The molecule has 0 aliphatic carbocycles. The molecule has 0 saturated carbocycles. The molecule has 2 aliphatic rings. The first-order chi connectivity index (χ1) is 18.9. The molecule has 0 spiro atoms. The highest BCUT2D eigenvalue weighted by atomic mass is 19.2. The molecule has 14 heteroatoms. The highest BCUT2D eigenvalue weighted by Crippen LogP contribution is 2.47. The van der Waals surface area contributed by atoms with Crippen molar-refractivity contribution in [3.8, 4) is 0 Å². The van der Waals surface area contributed by atoms with E-state index in [1.165, 1.54) is 12.1 Å². The zero-order valence-electron chi connectivity index (χ0n) is 19.8. The van der Waals surface area contributed by atoms with Crippen LogP contribution in [0.15, 0.2) is 36.4 Å². The zero-order chi connectivity index (χ0) is 28.4. The molecule has 2 aliphatic heterocycles. The third kappa shape index (κ3) is 3.04. The Morgan fingerprint density at radius 3 is 2.27 bits per heavy atom. The van der Waals surface area contributed by atoms with E-state index in [-0.39, 0.29) is 49.2 Å². The predicted molar refractivity (Wildman–Crippen MR) is 130 cm³/mol. The van der Waals surface area contributed by atoms with Crippen LogP contribution in [-0.4, -0.2) is 72.3 Å². The first-order valence-electron chi connectivity index (χ1n) is 11.9. The van der Waals surface area contributed by atoms with Crippen LogP contribution in [0, 0.1) is 11.6 Å². The number of carbonyl (C=O) groups is 2. The van der Waals surface area contributed by atoms with Crippen LogP contribution >= 0.6 is 0 Å². The van der Waals surface area contributed by atoms with E-state index in [1.807, 2.05) is 0 Å². The molecule has 6 atom stereocenters. The molecule has 1 fully saturated rings. The number of aliphatic hydroxyl groups excluding tert-OH is 3. The fourth-order valence-electron chi connectivity index (χ4n) is 5.94. The lowest BCUT2D eigenvalue weighted by molar-refractivity contribution is -0.355. The number of benzene rings is 3. The average Bonchev–Trinajstić information content (AvgIpc) is 3.51. The number of carbonyl (C=O) groups excluding carboxylic acids is 2. The maximum atomic E-state index is 14.9. The number of hydrogen-bond acceptors (Lipinski definition) is 7. The number of nitrogens with one attached hydrogen (secondary N) is 2. The molecule has 40 heavy (non-hydrogen) atoms. The number of ether oxygens (including phenoxy) is 1. The van der Waals surface area contributed by atoms with Crippen LogP contribution in [-0.2, 0) is 4.74 Å². The molecule has 206 valence electrons. The van der Waals surface area contributed by atoms with Gasteiger partial charge in [-0.2, -0.15) is 0 Å². The van der Waals surface area contributed by atoms with Gasteiger partial charge in [0.15, 0.2) is 12.3 Å². The number of nitrogens with zero attached hydrogens (tertiary/aromatic N) is 1. The molecule has 10 nitrogen and oxygen atoms in total. The Morgan fingerprint density at radius 2 is 1.60 bits per heavy atom. The van der Waals surface area contributed by atoms with E-state index >= 15 is 0 Å². The number of hydrogen-bond donors (Lipinski definition) is 6. The summed E-state index contributed by atoms with van der Waals surface area (Å²) >= 11 is 0. The summed E-state index contributed by atoms with van der Waals surface area (Å²) in [5, 5.41) is 43.3. The van der Waals surface area contributed by atoms with Crippen molar-refractivity contribution >= 4 is 55.4 Å². The van der Waals surface area contributed by atoms with Gasteiger partial charge in [-0.05, 0) is 36.4 Å². The van der Waals surface area contributed by atoms with Crippen molar-refractivity contribution in [2.24, 2.45) is 0 Å². The fraction of sp³-hybridized carbons (Fsp3) is 0.231. The van der Waals surface area contributed by atoms with Gasteiger partial charge in [0.2, 0.25) is 6.36 Å². The van der Waals surface area contributed by atoms with Crippen LogP contribution in [0.1, 0.15) is 26.9 Å². The van der Waals surface area contributed by atoms with E-state index in [0.717, 1.165) is 28.8 Å². The van der Waals surface area contributed by atoms with E-state index < -0.39 is 60.2 Å². The van der Waals surface area contributed by atoms with Gasteiger partial charge < -0.3 is 34.7 Å². The summed E-state index contributed by atoms with van der Waals surface area (Å²) in [5.74, 6) is -7.01. The molecule has 1 unspecified atom stereocenters. The SMILES string of the molecule is O=C1NC(=O)c2c1c1c3cc(F)ccc3[nH]c1c1c2c2cc(F)ccc2n1[C@@H]1O[C@H](C(O)F)[C@](O)(F)[C@H](O)[C@H]1O. The van der Waals surface area contributed by atoms with Gasteiger partial charge in [-0.15, -0.1) is 0 Å². The Kier molecular flexibility index (Phi) is 4.98. The normalized spacial score (nSPS) is 27.7. The second-order valence-corrected chi connectivity index (χ2v) is 9.84. The highest BCUT2D eigenvalue weighted by molar-refractivity contribution is 6.39. The molecule has 2 amide bonds. The number of fused-ring (bicyclic) bond motifs is 10. The Labute approximate surface area is 219 Å². The second-order valence-electron chi connectivity index (χ2n) is 9.84. The molecule has 5 aromatic rings. The first kappa shape index (κ1) is 24.9. The van der Waals surface area contributed by atoms with E-state index in [2.05, 4.69) is 10.3 Å². The molecular formula is C26H17F4N3O7. The number of imide groups is 1. The largest absolute Gasteiger partial charge is 0.385 e. The van der Waals surface area contributed by atoms with Gasteiger partial charge in [0, 0.05) is 27.1 Å². The Hall–Kier alpha value is -4.08. The molecule has 0 radical (unpaired) electrons. The minimum absolute atomic E-state index is 0.0175. The minimum Gasteiger partial charge on any atom is -0.385 e. The highest BCUT2D eigenvalue weighted by Gasteiger charge is 2.59. The minimum atomic E-state index is -3.92. The van der Waals surface area contributed by atoms with Gasteiger partial charge in [0.25, 0.3) is 17.7 Å². The fourth-order valence-corrected chi connectivity index (χ4v) is 5.94. The van der Waals surface area contributed by atoms with Gasteiger partial charge in [-0.25, -0.2) is 17.6 Å². The molecule has 1 saturated heterocycles. The molecule has 2 aromatic heterocycles. The predicted octanol–water partition coefficient (Wildman–Crippen LogP) is 2.16. The number of halogens is 4. The standard InChI is InChI=1S/C26H17F4N3O7/c27-7-1-3-11-9(5-7)13-15-16(24(38)32-23(15)37)14-10-6-8(28)2-4-12(10)33(18(14)17(13)31-11)25-19(34)20(35)26(30,39)21(40-25)22(29)36/h1-6,19-22,25,31,34-36,39H,(H,32,37,38)/t19-,20-,21-,22?,25-,26+/m1/s1. The summed E-state index contributed by atoms with van der Waals surface area (Å²) in [6.07, 6.45) is -12.8. The van der Waals surface area contributed by atoms with E-state index in [1.54, 1.807) is 0 Å². The van der Waals surface area contributed by atoms with Crippen LogP contribution < -0.4 is 5.32 Å². The van der Waals surface area contributed by atoms with E-state index in [4.69, 9.17) is 4.74 Å². The number of H-pyrrole nitrogens is 1. The van der Waals surface area contributed by atoms with Crippen molar-refractivity contribution < 1.29 is 52.3 Å². The van der Waals surface area contributed by atoms with Crippen LogP contribution in [0.3, 0.4) is 0 Å². The lowest BCUT2D eigenvalue weighted by Crippen LogP contribution is -2.64. The number of aromatic amines is 1. The van der Waals surface area contributed by atoms with Crippen molar-refractivity contribution in [1.29, 1.82) is 0 Å². The summed E-state index contributed by atoms with van der Waals surface area (Å²) in [5.41, 5.74) is 0.0511. The Morgan fingerprint density at radius 1 is 0.975 bits per heavy atom. The molecule has 3 aromatic carbocycles. The summed E-state index contributed by atoms with van der Waals surface area (Å²) in [4.78, 5) is 29.1. The summed E-state index contributed by atoms with van der Waals surface area (Å²) in [6, 6.07) is 6.89. The van der Waals surface area contributed by atoms with Gasteiger partial charge in [-0.3, -0.25) is 14.9 Å². The van der Waals surface area contributed by atoms with Gasteiger partial charge in [0.1, 0.15) is 23.8 Å². The summed E-state index contributed by atoms with van der Waals surface area (Å²) < 4.78 is 64.2. The number of alkyl halides is 2. The maximum absolute atomic E-state index is 14.9. The van der Waals surface area contributed by atoms with Crippen molar-refractivity contribution in [3.63, 3.8) is 0 Å². The van der Waals surface area contributed by atoms with Gasteiger partial charge in [-0.1, -0.05) is 0 Å². The number of rotatable bonds is 2. The number of amides is 2. The first-order valence-corrected chi connectivity index (χ1v) is 11.9. The molecular weight excluding hydrogens is 542 g/mol. The van der Waals surface area contributed by atoms with E-state index in [9.17, 15) is 47.6 Å². The van der Waals surface area contributed by atoms with E-state index in [0.29, 0.717) is 5.52 Å². The Balaban J connectivity index is 1.70. The zero-order valence-corrected chi connectivity index (χ0v) is 19.8. The van der Waals surface area contributed by atoms with Crippen LogP contribution in [0.4, 0.5) is 17.6 Å². The van der Waals surface area contributed by atoms with Gasteiger partial charge >= 0.3 is 0 Å². The molecule has 6 N–H and O–H groups in total. The smallest absolute Gasteiger partial charge is 0.267 e. The molecule has 4 heterocycles. The van der Waals surface area contributed by atoms with Crippen molar-refractivity contribution in [2.45, 2.75) is 36.8 Å². The quantitative estimate of drug-likeness (QED) is 0.143. The van der Waals surface area contributed by atoms with Crippen LogP contribution in [0.5, 0.6) is 0 Å². The number of aromatic nitrogens is 2. The van der Waals surface area contributed by atoms with Crippen molar-refractivity contribution in [2.75, 3.05) is 0 Å². The third-order valence-corrected chi connectivity index (χ3v) is 7.61. The van der Waals surface area contributed by atoms with Crippen LogP contribution in [0.25, 0.3) is 43.6 Å². The molecule has 0 bridgehead atoms. The average molecular weight is 559 g/mol. The lowest BCUT2D eigenvalue weighted by Gasteiger charge is -2.44. The topological polar surface area (TPSA) is 157 Å². The second kappa shape index (κ2) is 7.99. The summed E-state index contributed by atoms with van der Waals surface area (Å²) in [7, 11) is 0.